The van der Waals surface area contributed by atoms with Crippen molar-refractivity contribution in [2.24, 2.45) is 0 Å². The first-order valence-corrected chi connectivity index (χ1v) is 9.68. The number of rotatable bonds is 5. The van der Waals surface area contributed by atoms with Crippen LogP contribution in [0.3, 0.4) is 0 Å². The zero-order valence-electron chi connectivity index (χ0n) is 17.3. The summed E-state index contributed by atoms with van der Waals surface area (Å²) in [6.45, 7) is 2.46. The SMILES string of the molecule is COc1cc(OC(F)(F)F)ccc1-c1ccc2c(c1)CN(Cc1cccc(C)n1)C(=O)O2. The molecule has 0 bridgehead atoms. The van der Waals surface area contributed by atoms with E-state index in [1.54, 1.807) is 12.1 Å². The molecule has 2 aromatic carbocycles. The Balaban J connectivity index is 1.61. The second-order valence-corrected chi connectivity index (χ2v) is 7.23. The maximum Gasteiger partial charge on any atom is 0.573 e. The molecule has 32 heavy (non-hydrogen) atoms. The highest BCUT2D eigenvalue weighted by Gasteiger charge is 2.31. The van der Waals surface area contributed by atoms with E-state index in [9.17, 15) is 18.0 Å². The van der Waals surface area contributed by atoms with Crippen molar-refractivity contribution in [1.29, 1.82) is 0 Å². The van der Waals surface area contributed by atoms with E-state index in [-0.39, 0.29) is 18.0 Å². The summed E-state index contributed by atoms with van der Waals surface area (Å²) in [7, 11) is 1.37. The van der Waals surface area contributed by atoms with Crippen LogP contribution < -0.4 is 14.2 Å². The van der Waals surface area contributed by atoms with E-state index in [1.807, 2.05) is 31.2 Å². The molecule has 9 heteroatoms. The Morgan fingerprint density at radius 1 is 1.12 bits per heavy atom. The summed E-state index contributed by atoms with van der Waals surface area (Å²) in [5.41, 5.74) is 3.62. The van der Waals surface area contributed by atoms with Gasteiger partial charge in [-0.25, -0.2) is 4.79 Å². The van der Waals surface area contributed by atoms with Crippen LogP contribution in [0, 0.1) is 6.92 Å². The van der Waals surface area contributed by atoms with Crippen LogP contribution in [-0.4, -0.2) is 29.4 Å². The molecule has 3 aromatic rings. The fourth-order valence-electron chi connectivity index (χ4n) is 3.51. The van der Waals surface area contributed by atoms with Crippen molar-refractivity contribution in [3.05, 3.63) is 71.5 Å². The van der Waals surface area contributed by atoms with Crippen LogP contribution >= 0.6 is 0 Å². The number of carbonyl (C=O) groups is 1. The number of pyridine rings is 1. The van der Waals surface area contributed by atoms with E-state index in [0.29, 0.717) is 23.4 Å². The molecule has 1 aliphatic rings. The van der Waals surface area contributed by atoms with Crippen LogP contribution in [0.2, 0.25) is 0 Å². The van der Waals surface area contributed by atoms with Gasteiger partial charge in [0.25, 0.3) is 0 Å². The molecule has 1 aromatic heterocycles. The molecule has 0 radical (unpaired) electrons. The molecular weight excluding hydrogens is 425 g/mol. The normalized spacial score (nSPS) is 13.4. The lowest BCUT2D eigenvalue weighted by Gasteiger charge is -2.28. The standard InChI is InChI=1S/C23H19F3N2O4/c1-14-4-3-5-17(27-14)13-28-12-16-10-15(6-9-20(16)31-22(28)29)19-8-7-18(11-21(19)30-2)32-23(24,25)26/h3-11H,12-13H2,1-2H3. The van der Waals surface area contributed by atoms with Crippen molar-refractivity contribution in [2.75, 3.05) is 7.11 Å². The van der Waals surface area contributed by atoms with Crippen LogP contribution in [0.5, 0.6) is 17.2 Å². The molecule has 0 aliphatic carbocycles. The summed E-state index contributed by atoms with van der Waals surface area (Å²) in [5.74, 6) is 0.283. The maximum absolute atomic E-state index is 12.5. The summed E-state index contributed by atoms with van der Waals surface area (Å²) in [6.07, 6.45) is -5.27. The predicted molar refractivity (Wildman–Crippen MR) is 109 cm³/mol. The summed E-state index contributed by atoms with van der Waals surface area (Å²) in [5, 5.41) is 0. The number of amides is 1. The number of fused-ring (bicyclic) bond motifs is 1. The number of carbonyl (C=O) groups excluding carboxylic acids is 1. The smallest absolute Gasteiger partial charge is 0.496 e. The van der Waals surface area contributed by atoms with Gasteiger partial charge in [-0.3, -0.25) is 9.88 Å². The van der Waals surface area contributed by atoms with Crippen molar-refractivity contribution in [2.45, 2.75) is 26.4 Å². The van der Waals surface area contributed by atoms with Gasteiger partial charge in [0.05, 0.1) is 25.9 Å². The molecule has 166 valence electrons. The molecule has 0 atom stereocenters. The zero-order chi connectivity index (χ0) is 22.9. The molecule has 0 saturated carbocycles. The van der Waals surface area contributed by atoms with Gasteiger partial charge in [0.1, 0.15) is 17.2 Å². The minimum atomic E-state index is -4.79. The molecule has 0 fully saturated rings. The number of alkyl halides is 3. The van der Waals surface area contributed by atoms with E-state index in [0.717, 1.165) is 17.0 Å². The minimum Gasteiger partial charge on any atom is -0.496 e. The average Bonchev–Trinajstić information content (AvgIpc) is 2.73. The highest BCUT2D eigenvalue weighted by molar-refractivity contribution is 5.77. The van der Waals surface area contributed by atoms with Crippen molar-refractivity contribution >= 4 is 6.09 Å². The van der Waals surface area contributed by atoms with Crippen molar-refractivity contribution in [1.82, 2.24) is 9.88 Å². The van der Waals surface area contributed by atoms with Gasteiger partial charge in [-0.15, -0.1) is 13.2 Å². The lowest BCUT2D eigenvalue weighted by Crippen LogP contribution is -2.36. The van der Waals surface area contributed by atoms with E-state index in [4.69, 9.17) is 9.47 Å². The van der Waals surface area contributed by atoms with Crippen LogP contribution in [0.15, 0.2) is 54.6 Å². The number of halogens is 3. The van der Waals surface area contributed by atoms with Crippen LogP contribution in [0.4, 0.5) is 18.0 Å². The van der Waals surface area contributed by atoms with Gasteiger partial charge < -0.3 is 14.2 Å². The van der Waals surface area contributed by atoms with Gasteiger partial charge in [-0.05, 0) is 48.9 Å². The van der Waals surface area contributed by atoms with Gasteiger partial charge in [-0.2, -0.15) is 0 Å². The fourth-order valence-corrected chi connectivity index (χ4v) is 3.51. The fraction of sp³-hybridized carbons (Fsp3) is 0.217. The number of aromatic nitrogens is 1. The quantitative estimate of drug-likeness (QED) is 0.522. The van der Waals surface area contributed by atoms with Gasteiger partial charge in [0.15, 0.2) is 0 Å². The summed E-state index contributed by atoms with van der Waals surface area (Å²) >= 11 is 0. The number of benzene rings is 2. The minimum absolute atomic E-state index is 0.223. The molecule has 0 N–H and O–H groups in total. The van der Waals surface area contributed by atoms with Gasteiger partial charge >= 0.3 is 12.5 Å². The second kappa shape index (κ2) is 8.41. The highest BCUT2D eigenvalue weighted by atomic mass is 19.4. The van der Waals surface area contributed by atoms with E-state index < -0.39 is 12.5 Å². The van der Waals surface area contributed by atoms with Crippen molar-refractivity contribution in [3.8, 4) is 28.4 Å². The third-order valence-electron chi connectivity index (χ3n) is 4.89. The number of ether oxygens (including phenoxy) is 3. The Kier molecular flexibility index (Phi) is 5.65. The van der Waals surface area contributed by atoms with Crippen LogP contribution in [-0.2, 0) is 13.1 Å². The molecule has 4 rings (SSSR count). The molecule has 0 spiro atoms. The van der Waals surface area contributed by atoms with Crippen molar-refractivity contribution in [3.63, 3.8) is 0 Å². The third kappa shape index (κ3) is 4.77. The summed E-state index contributed by atoms with van der Waals surface area (Å²) < 4.78 is 52.3. The van der Waals surface area contributed by atoms with E-state index in [1.165, 1.54) is 30.2 Å². The molecule has 0 saturated heterocycles. The monoisotopic (exact) mass is 444 g/mol. The second-order valence-electron chi connectivity index (χ2n) is 7.23. The maximum atomic E-state index is 12.5. The average molecular weight is 444 g/mol. The Morgan fingerprint density at radius 3 is 2.66 bits per heavy atom. The lowest BCUT2D eigenvalue weighted by molar-refractivity contribution is -0.274. The Labute approximate surface area is 182 Å². The number of hydrogen-bond acceptors (Lipinski definition) is 5. The first-order chi connectivity index (χ1) is 15.2. The summed E-state index contributed by atoms with van der Waals surface area (Å²) in [4.78, 5) is 18.4. The zero-order valence-corrected chi connectivity index (χ0v) is 17.3. The Morgan fingerprint density at radius 2 is 1.94 bits per heavy atom. The molecule has 1 aliphatic heterocycles. The lowest BCUT2D eigenvalue weighted by atomic mass is 10.0. The number of aryl methyl sites for hydroxylation is 1. The predicted octanol–water partition coefficient (Wildman–Crippen LogP) is 5.48. The van der Waals surface area contributed by atoms with Crippen LogP contribution in [0.25, 0.3) is 11.1 Å². The van der Waals surface area contributed by atoms with Gasteiger partial charge in [0.2, 0.25) is 0 Å². The van der Waals surface area contributed by atoms with E-state index >= 15 is 0 Å². The molecule has 2 heterocycles. The number of nitrogens with zero attached hydrogens (tertiary/aromatic N) is 2. The first kappa shape index (κ1) is 21.5. The Bertz CT molecular complexity index is 1160. The van der Waals surface area contributed by atoms with Crippen molar-refractivity contribution < 1.29 is 32.2 Å². The number of hydrogen-bond donors (Lipinski definition) is 0. The first-order valence-electron chi connectivity index (χ1n) is 9.68. The molecule has 0 unspecified atom stereocenters. The number of methoxy groups -OCH3 is 1. The largest absolute Gasteiger partial charge is 0.573 e. The molecule has 1 amide bonds. The van der Waals surface area contributed by atoms with Crippen LogP contribution in [0.1, 0.15) is 17.0 Å². The highest BCUT2D eigenvalue weighted by Crippen LogP contribution is 2.38. The van der Waals surface area contributed by atoms with Gasteiger partial charge in [-0.1, -0.05) is 12.1 Å². The third-order valence-corrected chi connectivity index (χ3v) is 4.89. The van der Waals surface area contributed by atoms with Gasteiger partial charge in [0, 0.05) is 22.9 Å². The van der Waals surface area contributed by atoms with E-state index in [2.05, 4.69) is 9.72 Å². The Hall–Kier alpha value is -3.75. The topological polar surface area (TPSA) is 60.9 Å². The molecule has 6 nitrogen and oxygen atoms in total. The molecular formula is C23H19F3N2O4. The summed E-state index contributed by atoms with van der Waals surface area (Å²) in [6, 6.07) is 14.7.